The third-order valence-corrected chi connectivity index (χ3v) is 7.76. The Morgan fingerprint density at radius 2 is 1.36 bits per heavy atom. The van der Waals surface area contributed by atoms with E-state index in [2.05, 4.69) is 32.0 Å². The van der Waals surface area contributed by atoms with Crippen molar-refractivity contribution in [2.24, 2.45) is 0 Å². The normalized spacial score (nSPS) is 28.9. The minimum atomic E-state index is -0.244. The summed E-state index contributed by atoms with van der Waals surface area (Å²) in [5.41, 5.74) is 22.0. The molecule has 6 rings (SSSR count). The molecule has 6 nitrogen and oxygen atoms in total. The predicted molar refractivity (Wildman–Crippen MR) is 128 cm³/mol. The zero-order chi connectivity index (χ0) is 22.7. The van der Waals surface area contributed by atoms with Crippen LogP contribution in [0.2, 0.25) is 0 Å². The first kappa shape index (κ1) is 21.4. The van der Waals surface area contributed by atoms with Gasteiger partial charge in [0.15, 0.2) is 0 Å². The monoisotopic (exact) mass is 450 g/mol. The molecule has 6 heteroatoms. The predicted octanol–water partition coefficient (Wildman–Crippen LogP) is 3.21. The lowest BCUT2D eigenvalue weighted by molar-refractivity contribution is 0.298. The van der Waals surface area contributed by atoms with Gasteiger partial charge in [0.1, 0.15) is 0 Å². The van der Waals surface area contributed by atoms with Gasteiger partial charge in [0.05, 0.1) is 50.8 Å². The molecule has 4 aliphatic heterocycles. The summed E-state index contributed by atoms with van der Waals surface area (Å²) >= 11 is 0. The lowest BCUT2D eigenvalue weighted by Gasteiger charge is -2.38. The molecule has 4 aliphatic rings. The summed E-state index contributed by atoms with van der Waals surface area (Å²) in [4.78, 5) is 0. The van der Waals surface area contributed by atoms with Gasteiger partial charge in [0, 0.05) is 29.6 Å². The van der Waals surface area contributed by atoms with Crippen LogP contribution in [0.5, 0.6) is 0 Å². The molecule has 0 aromatic heterocycles. The second-order valence-electron chi connectivity index (χ2n) is 10.4. The van der Waals surface area contributed by atoms with Crippen molar-refractivity contribution in [1.29, 1.82) is 0 Å². The fourth-order valence-electron chi connectivity index (χ4n) is 5.72. The Balaban J connectivity index is 1.54. The number of rotatable bonds is 10. The Morgan fingerprint density at radius 1 is 0.788 bits per heavy atom. The van der Waals surface area contributed by atoms with E-state index in [1.165, 1.54) is 33.4 Å². The zero-order valence-corrected chi connectivity index (χ0v) is 19.6. The maximum atomic E-state index is 6.91. The van der Waals surface area contributed by atoms with Gasteiger partial charge in [-0.2, -0.15) is 0 Å². The van der Waals surface area contributed by atoms with Crippen LogP contribution in [0.4, 0.5) is 11.4 Å². The van der Waals surface area contributed by atoms with E-state index in [0.717, 1.165) is 63.5 Å². The molecule has 0 spiro atoms. The van der Waals surface area contributed by atoms with Crippen molar-refractivity contribution in [3.8, 4) is 0 Å². The van der Waals surface area contributed by atoms with E-state index in [-0.39, 0.29) is 17.6 Å². The van der Waals surface area contributed by atoms with Gasteiger partial charge >= 0.3 is 0 Å². The quantitative estimate of drug-likeness (QED) is 0.426. The van der Waals surface area contributed by atoms with Crippen LogP contribution in [0.15, 0.2) is 24.3 Å². The molecular weight excluding hydrogens is 416 g/mol. The van der Waals surface area contributed by atoms with Gasteiger partial charge in [-0.1, -0.05) is 12.1 Å². The fraction of sp³-hybridized carbons (Fsp3) is 0.556. The van der Waals surface area contributed by atoms with Gasteiger partial charge in [-0.3, -0.25) is 0 Å². The van der Waals surface area contributed by atoms with Gasteiger partial charge in [-0.25, -0.2) is 0 Å². The molecule has 4 heterocycles. The lowest BCUT2D eigenvalue weighted by Crippen LogP contribution is -2.34. The molecular formula is C27H34N2O4. The Labute approximate surface area is 195 Å². The van der Waals surface area contributed by atoms with E-state index in [1.54, 1.807) is 0 Å². The van der Waals surface area contributed by atoms with Crippen LogP contribution in [-0.2, 0) is 37.2 Å². The van der Waals surface area contributed by atoms with Crippen LogP contribution >= 0.6 is 0 Å². The summed E-state index contributed by atoms with van der Waals surface area (Å²) in [6.45, 7) is 7.63. The molecule has 2 aromatic rings. The fourth-order valence-corrected chi connectivity index (χ4v) is 5.72. The third kappa shape index (κ3) is 4.37. The van der Waals surface area contributed by atoms with Gasteiger partial charge in [-0.05, 0) is 72.2 Å². The van der Waals surface area contributed by atoms with Crippen molar-refractivity contribution < 1.29 is 18.9 Å². The average Bonchev–Trinajstić information content (AvgIpc) is 3.60. The molecule has 2 aromatic carbocycles. The summed E-state index contributed by atoms with van der Waals surface area (Å²) in [6.07, 6.45) is 4.72. The second-order valence-corrected chi connectivity index (χ2v) is 10.4. The van der Waals surface area contributed by atoms with Gasteiger partial charge < -0.3 is 30.4 Å². The standard InChI is InChI=1S/C27H34N2O4/c1-15-5-18(28)3-4-24(15)27(9-21-13-32-21,10-22-14-33-22)25-7-17(6-19-11-30-19)23(8-20-12-31-20)26(29)16(25)2/h3-5,7,19-22H,6,8-14,28-29H2,1-2H3. The van der Waals surface area contributed by atoms with Crippen molar-refractivity contribution in [2.75, 3.05) is 37.9 Å². The molecule has 4 saturated heterocycles. The van der Waals surface area contributed by atoms with Crippen LogP contribution in [0.3, 0.4) is 0 Å². The maximum Gasteiger partial charge on any atom is 0.0851 e. The number of nitrogens with two attached hydrogens (primary N) is 2. The maximum absolute atomic E-state index is 6.91. The molecule has 4 atom stereocenters. The highest BCUT2D eigenvalue weighted by molar-refractivity contribution is 5.64. The van der Waals surface area contributed by atoms with Crippen LogP contribution in [0, 0.1) is 13.8 Å². The minimum Gasteiger partial charge on any atom is -0.399 e. The molecule has 0 amide bonds. The highest BCUT2D eigenvalue weighted by Crippen LogP contribution is 2.50. The number of nitrogen functional groups attached to an aromatic ring is 2. The second kappa shape index (κ2) is 7.98. The molecule has 0 saturated carbocycles. The molecule has 33 heavy (non-hydrogen) atoms. The molecule has 0 aliphatic carbocycles. The van der Waals surface area contributed by atoms with Gasteiger partial charge in [0.25, 0.3) is 0 Å². The Bertz CT molecular complexity index is 1050. The Morgan fingerprint density at radius 3 is 1.91 bits per heavy atom. The van der Waals surface area contributed by atoms with Crippen LogP contribution < -0.4 is 11.5 Å². The van der Waals surface area contributed by atoms with Crippen LogP contribution in [0.25, 0.3) is 0 Å². The van der Waals surface area contributed by atoms with E-state index in [1.807, 2.05) is 6.07 Å². The van der Waals surface area contributed by atoms with Crippen molar-refractivity contribution in [1.82, 2.24) is 0 Å². The molecule has 176 valence electrons. The summed E-state index contributed by atoms with van der Waals surface area (Å²) in [5.74, 6) is 0. The number of aryl methyl sites for hydroxylation is 1. The van der Waals surface area contributed by atoms with E-state index in [0.29, 0.717) is 12.2 Å². The van der Waals surface area contributed by atoms with Crippen LogP contribution in [0.1, 0.15) is 46.2 Å². The number of benzene rings is 2. The number of epoxide rings is 4. The first-order valence-electron chi connectivity index (χ1n) is 12.2. The molecule has 4 unspecified atom stereocenters. The SMILES string of the molecule is Cc1cc(N)ccc1C(CC1CO1)(CC1CO1)c1cc(CC2CO2)c(CC2CO2)c(N)c1C. The molecule has 4 N–H and O–H groups in total. The van der Waals surface area contributed by atoms with Crippen LogP contribution in [-0.4, -0.2) is 50.8 Å². The van der Waals surface area contributed by atoms with Crippen molar-refractivity contribution in [3.05, 3.63) is 57.6 Å². The van der Waals surface area contributed by atoms with E-state index >= 15 is 0 Å². The van der Waals surface area contributed by atoms with Crippen molar-refractivity contribution >= 4 is 11.4 Å². The van der Waals surface area contributed by atoms with Gasteiger partial charge in [-0.15, -0.1) is 0 Å². The van der Waals surface area contributed by atoms with Crippen molar-refractivity contribution in [3.63, 3.8) is 0 Å². The topological polar surface area (TPSA) is 102 Å². The highest BCUT2D eigenvalue weighted by atomic mass is 16.6. The lowest BCUT2D eigenvalue weighted by atomic mass is 9.65. The molecule has 0 radical (unpaired) electrons. The minimum absolute atomic E-state index is 0.244. The first-order chi connectivity index (χ1) is 15.9. The molecule has 4 fully saturated rings. The third-order valence-electron chi connectivity index (χ3n) is 7.76. The summed E-state index contributed by atoms with van der Waals surface area (Å²) in [6, 6.07) is 8.74. The van der Waals surface area contributed by atoms with E-state index in [4.69, 9.17) is 30.4 Å². The summed E-state index contributed by atoms with van der Waals surface area (Å²) in [5, 5.41) is 0. The largest absolute Gasteiger partial charge is 0.399 e. The average molecular weight is 451 g/mol. The zero-order valence-electron chi connectivity index (χ0n) is 19.6. The summed E-state index contributed by atoms with van der Waals surface area (Å²) < 4.78 is 22.8. The number of anilines is 2. The Kier molecular flexibility index (Phi) is 5.18. The highest BCUT2D eigenvalue weighted by Gasteiger charge is 2.47. The first-order valence-corrected chi connectivity index (χ1v) is 12.2. The van der Waals surface area contributed by atoms with E-state index < -0.39 is 0 Å². The van der Waals surface area contributed by atoms with Gasteiger partial charge in [0.2, 0.25) is 0 Å². The summed E-state index contributed by atoms with van der Waals surface area (Å²) in [7, 11) is 0. The van der Waals surface area contributed by atoms with Crippen molar-refractivity contribution in [2.45, 2.75) is 69.4 Å². The number of ether oxygens (including phenoxy) is 4. The van der Waals surface area contributed by atoms with E-state index in [9.17, 15) is 0 Å². The smallest absolute Gasteiger partial charge is 0.0851 e. The number of hydrogen-bond acceptors (Lipinski definition) is 6. The molecule has 0 bridgehead atoms. The Hall–Kier alpha value is -2.12. The number of hydrogen-bond donors (Lipinski definition) is 2.